The van der Waals surface area contributed by atoms with Crippen LogP contribution in [0.3, 0.4) is 0 Å². The third kappa shape index (κ3) is 2.60. The molecule has 0 atom stereocenters. The van der Waals surface area contributed by atoms with E-state index < -0.39 is 0 Å². The van der Waals surface area contributed by atoms with E-state index in [0.29, 0.717) is 0 Å². The van der Waals surface area contributed by atoms with Crippen LogP contribution in [-0.4, -0.2) is 23.9 Å². The first-order chi connectivity index (χ1) is 8.09. The summed E-state index contributed by atoms with van der Waals surface area (Å²) in [4.78, 5) is 14.2. The Bertz CT molecular complexity index is 479. The van der Waals surface area contributed by atoms with Crippen molar-refractivity contribution in [3.63, 3.8) is 0 Å². The van der Waals surface area contributed by atoms with Gasteiger partial charge in [-0.1, -0.05) is 23.8 Å². The zero-order valence-electron chi connectivity index (χ0n) is 10.2. The molecule has 90 valence electrons. The van der Waals surface area contributed by atoms with Gasteiger partial charge in [0.1, 0.15) is 0 Å². The van der Waals surface area contributed by atoms with Gasteiger partial charge in [-0.2, -0.15) is 0 Å². The van der Waals surface area contributed by atoms with Crippen LogP contribution in [0.2, 0.25) is 0 Å². The molecule has 17 heavy (non-hydrogen) atoms. The normalized spacial score (nSPS) is 15.7. The molecule has 2 nitrogen and oxygen atoms in total. The highest BCUT2D eigenvalue weighted by molar-refractivity contribution is 9.10. The minimum atomic E-state index is 0.115. The molecule has 0 N–H and O–H groups in total. The molecule has 1 amide bonds. The summed E-state index contributed by atoms with van der Waals surface area (Å²) in [6.45, 7) is 5.66. The lowest BCUT2D eigenvalue weighted by Crippen LogP contribution is -2.34. The van der Waals surface area contributed by atoms with Crippen molar-refractivity contribution in [2.24, 2.45) is 0 Å². The van der Waals surface area contributed by atoms with Crippen LogP contribution < -0.4 is 0 Å². The van der Waals surface area contributed by atoms with Gasteiger partial charge in [0.2, 0.25) is 0 Å². The highest BCUT2D eigenvalue weighted by Crippen LogP contribution is 2.23. The summed E-state index contributed by atoms with van der Waals surface area (Å²) in [7, 11) is 0. The van der Waals surface area contributed by atoms with Gasteiger partial charge in [-0.15, -0.1) is 0 Å². The molecule has 0 fully saturated rings. The van der Waals surface area contributed by atoms with Crippen LogP contribution in [0.25, 0.3) is 0 Å². The second-order valence-corrected chi connectivity index (χ2v) is 5.28. The zero-order chi connectivity index (χ0) is 12.4. The number of hydrogen-bond donors (Lipinski definition) is 0. The predicted molar refractivity (Wildman–Crippen MR) is 73.2 cm³/mol. The van der Waals surface area contributed by atoms with Crippen molar-refractivity contribution in [1.82, 2.24) is 4.90 Å². The van der Waals surface area contributed by atoms with E-state index in [1.165, 1.54) is 5.57 Å². The van der Waals surface area contributed by atoms with Crippen LogP contribution >= 0.6 is 15.9 Å². The van der Waals surface area contributed by atoms with Gasteiger partial charge in [-0.3, -0.25) is 4.79 Å². The molecule has 2 rings (SSSR count). The van der Waals surface area contributed by atoms with Gasteiger partial charge in [0.15, 0.2) is 0 Å². The molecule has 1 aliphatic rings. The highest BCUT2D eigenvalue weighted by atomic mass is 79.9. The van der Waals surface area contributed by atoms with Crippen molar-refractivity contribution >= 4 is 21.8 Å². The molecule has 0 aromatic heterocycles. The summed E-state index contributed by atoms with van der Waals surface area (Å²) >= 11 is 3.50. The highest BCUT2D eigenvalue weighted by Gasteiger charge is 2.19. The van der Waals surface area contributed by atoms with E-state index >= 15 is 0 Å². The topological polar surface area (TPSA) is 20.3 Å². The van der Waals surface area contributed by atoms with Gasteiger partial charge in [0.25, 0.3) is 5.91 Å². The third-order valence-corrected chi connectivity index (χ3v) is 4.20. The van der Waals surface area contributed by atoms with Gasteiger partial charge in [0.05, 0.1) is 5.56 Å². The zero-order valence-corrected chi connectivity index (χ0v) is 11.8. The molecule has 3 heteroatoms. The first-order valence-electron chi connectivity index (χ1n) is 5.79. The van der Waals surface area contributed by atoms with Gasteiger partial charge in [-0.25, -0.2) is 0 Å². The summed E-state index contributed by atoms with van der Waals surface area (Å²) in [5, 5.41) is 0. The lowest BCUT2D eigenvalue weighted by molar-refractivity contribution is 0.0768. The number of rotatable bonds is 1. The number of nitrogens with zero attached hydrogens (tertiary/aromatic N) is 1. The number of carbonyl (C=O) groups excluding carboxylic acids is 1. The van der Waals surface area contributed by atoms with E-state index in [2.05, 4.69) is 28.9 Å². The molecule has 1 heterocycles. The summed E-state index contributed by atoms with van der Waals surface area (Å²) in [6, 6.07) is 5.81. The molecule has 0 saturated heterocycles. The molecular formula is C14H16BrNO. The minimum Gasteiger partial charge on any atom is -0.335 e. The van der Waals surface area contributed by atoms with Crippen molar-refractivity contribution < 1.29 is 4.79 Å². The molecular weight excluding hydrogens is 278 g/mol. The largest absolute Gasteiger partial charge is 0.335 e. The predicted octanol–water partition coefficient (Wildman–Crippen LogP) is 3.55. The molecule has 1 aromatic carbocycles. The molecule has 1 aromatic rings. The molecule has 0 spiro atoms. The lowest BCUT2D eigenvalue weighted by atomic mass is 10.1. The fourth-order valence-electron chi connectivity index (χ4n) is 1.94. The second kappa shape index (κ2) is 5.05. The van der Waals surface area contributed by atoms with E-state index in [-0.39, 0.29) is 5.91 Å². The maximum absolute atomic E-state index is 12.3. The number of amides is 1. The maximum atomic E-state index is 12.3. The Hall–Kier alpha value is -1.09. The monoisotopic (exact) mass is 293 g/mol. The Morgan fingerprint density at radius 3 is 2.76 bits per heavy atom. The van der Waals surface area contributed by atoms with Crippen LogP contribution in [0.1, 0.15) is 29.3 Å². The lowest BCUT2D eigenvalue weighted by Gasteiger charge is -2.26. The first-order valence-corrected chi connectivity index (χ1v) is 6.59. The summed E-state index contributed by atoms with van der Waals surface area (Å²) in [5.41, 5.74) is 3.23. The fourth-order valence-corrected chi connectivity index (χ4v) is 2.37. The number of hydrogen-bond acceptors (Lipinski definition) is 1. The summed E-state index contributed by atoms with van der Waals surface area (Å²) in [5.74, 6) is 0.115. The second-order valence-electron chi connectivity index (χ2n) is 4.49. The van der Waals surface area contributed by atoms with Crippen molar-refractivity contribution in [3.05, 3.63) is 45.4 Å². The summed E-state index contributed by atoms with van der Waals surface area (Å²) in [6.07, 6.45) is 3.11. The Labute approximate surface area is 110 Å². The number of carbonyl (C=O) groups is 1. The maximum Gasteiger partial charge on any atom is 0.255 e. The Morgan fingerprint density at radius 2 is 2.12 bits per heavy atom. The molecule has 0 saturated carbocycles. The van der Waals surface area contributed by atoms with E-state index in [9.17, 15) is 4.79 Å². The van der Waals surface area contributed by atoms with Crippen LogP contribution in [0, 0.1) is 6.92 Å². The van der Waals surface area contributed by atoms with E-state index in [1.807, 2.05) is 30.0 Å². The Balaban J connectivity index is 2.23. The third-order valence-electron chi connectivity index (χ3n) is 3.15. The smallest absolute Gasteiger partial charge is 0.255 e. The Morgan fingerprint density at radius 1 is 1.35 bits per heavy atom. The van der Waals surface area contributed by atoms with Gasteiger partial charge >= 0.3 is 0 Å². The standard InChI is InChI=1S/C14H16BrNO/c1-10-6-8-16(9-7-10)14(17)12-5-3-4-11(2)13(12)15/h3-6H,7-9H2,1-2H3. The van der Waals surface area contributed by atoms with Crippen LogP contribution in [-0.2, 0) is 0 Å². The average Bonchev–Trinajstić information content (AvgIpc) is 2.33. The van der Waals surface area contributed by atoms with E-state index in [1.54, 1.807) is 0 Å². The molecule has 0 bridgehead atoms. The van der Waals surface area contributed by atoms with Gasteiger partial charge < -0.3 is 4.90 Å². The molecule has 0 aliphatic carbocycles. The van der Waals surface area contributed by atoms with Crippen molar-refractivity contribution in [1.29, 1.82) is 0 Å². The molecule has 0 unspecified atom stereocenters. The van der Waals surface area contributed by atoms with Gasteiger partial charge in [-0.05, 0) is 47.8 Å². The first kappa shape index (κ1) is 12.4. The van der Waals surface area contributed by atoms with Crippen LogP contribution in [0.15, 0.2) is 34.3 Å². The Kier molecular flexibility index (Phi) is 3.67. The average molecular weight is 294 g/mol. The number of halogens is 1. The summed E-state index contributed by atoms with van der Waals surface area (Å²) < 4.78 is 0.913. The SMILES string of the molecule is CC1=CCN(C(=O)c2cccc(C)c2Br)CC1. The quantitative estimate of drug-likeness (QED) is 0.725. The van der Waals surface area contributed by atoms with Crippen LogP contribution in [0.5, 0.6) is 0 Å². The molecule has 1 aliphatic heterocycles. The fraction of sp³-hybridized carbons (Fsp3) is 0.357. The van der Waals surface area contributed by atoms with Crippen molar-refractivity contribution in [3.8, 4) is 0 Å². The van der Waals surface area contributed by atoms with E-state index in [0.717, 1.165) is 35.1 Å². The van der Waals surface area contributed by atoms with E-state index in [4.69, 9.17) is 0 Å². The van der Waals surface area contributed by atoms with Crippen molar-refractivity contribution in [2.45, 2.75) is 20.3 Å². The number of benzene rings is 1. The van der Waals surface area contributed by atoms with Crippen LogP contribution in [0.4, 0.5) is 0 Å². The van der Waals surface area contributed by atoms with Crippen molar-refractivity contribution in [2.75, 3.05) is 13.1 Å². The minimum absolute atomic E-state index is 0.115. The molecule has 0 radical (unpaired) electrons. The number of aryl methyl sites for hydroxylation is 1. The van der Waals surface area contributed by atoms with Gasteiger partial charge in [0, 0.05) is 17.6 Å².